The summed E-state index contributed by atoms with van der Waals surface area (Å²) < 4.78 is 45.7. The Morgan fingerprint density at radius 2 is 0.952 bits per heavy atom. The topological polar surface area (TPSA) is 97.4 Å². The van der Waals surface area contributed by atoms with Crippen molar-refractivity contribution in [3.8, 4) is 62.1 Å². The van der Waals surface area contributed by atoms with Crippen LogP contribution in [0.5, 0.6) is 28.7 Å². The zero-order chi connectivity index (χ0) is 43.9. The molecule has 7 aromatic rings. The van der Waals surface area contributed by atoms with Crippen molar-refractivity contribution < 1.29 is 37.6 Å². The molecule has 3 atom stereocenters. The summed E-state index contributed by atoms with van der Waals surface area (Å²) in [4.78, 5) is 27.5. The smallest absolute Gasteiger partial charge is 0.343 e. The Hall–Kier alpha value is -6.89. The first-order valence-corrected chi connectivity index (χ1v) is 23.0. The fraction of sp³-hybridized carbons (Fsp3) is 0.185. The van der Waals surface area contributed by atoms with Crippen LogP contribution in [0.25, 0.3) is 33.4 Å². The summed E-state index contributed by atoms with van der Waals surface area (Å²) in [6.45, 7) is 9.92. The molecule has 0 amide bonds. The molecule has 0 N–H and O–H groups in total. The fourth-order valence-electron chi connectivity index (χ4n) is 7.09. The highest BCUT2D eigenvalue weighted by molar-refractivity contribution is 7.75. The van der Waals surface area contributed by atoms with E-state index in [0.29, 0.717) is 41.7 Å². The number of para-hydroxylation sites is 1. The van der Waals surface area contributed by atoms with Gasteiger partial charge < -0.3 is 23.5 Å². The van der Waals surface area contributed by atoms with Crippen molar-refractivity contribution in [2.45, 2.75) is 40.5 Å². The van der Waals surface area contributed by atoms with E-state index in [4.69, 9.17) is 23.5 Å². The lowest BCUT2D eigenvalue weighted by Gasteiger charge is -2.29. The average molecular weight is 857 g/mol. The summed E-state index contributed by atoms with van der Waals surface area (Å²) in [5.74, 6) is 1.80. The Morgan fingerprint density at radius 1 is 0.508 bits per heavy atom. The Morgan fingerprint density at radius 3 is 1.48 bits per heavy atom. The van der Waals surface area contributed by atoms with E-state index >= 15 is 4.57 Å². The number of esters is 2. The number of rotatable bonds is 15. The number of ether oxygens (including phenoxy) is 4. The van der Waals surface area contributed by atoms with Gasteiger partial charge in [-0.1, -0.05) is 125 Å². The number of carbonyl (C=O) groups excluding carboxylic acids is 2. The largest absolute Gasteiger partial charge is 0.493 e. The second-order valence-electron chi connectivity index (χ2n) is 15.9. The molecule has 318 valence electrons. The number of carbonyl (C=O) groups is 2. The number of fused-ring (bicyclic) bond motifs is 3. The Balaban J connectivity index is 1.04. The number of benzene rings is 7. The van der Waals surface area contributed by atoms with Gasteiger partial charge in [0.25, 0.3) is 0 Å². The molecule has 7 aromatic carbocycles. The highest BCUT2D eigenvalue weighted by atomic mass is 31.2. The van der Waals surface area contributed by atoms with Crippen LogP contribution in [0, 0.1) is 11.8 Å². The van der Waals surface area contributed by atoms with Crippen LogP contribution < -0.4 is 34.1 Å². The van der Waals surface area contributed by atoms with Crippen LogP contribution in [0.4, 0.5) is 0 Å². The van der Waals surface area contributed by atoms with E-state index in [-0.39, 0.29) is 22.4 Å². The van der Waals surface area contributed by atoms with Gasteiger partial charge >= 0.3 is 19.3 Å². The Kier molecular flexibility index (Phi) is 12.9. The van der Waals surface area contributed by atoms with E-state index in [9.17, 15) is 9.59 Å². The standard InChI is InChI=1S/C54H49O8P/c1-5-36(3)34-58-44-27-23-40(24-28-44)38-15-19-42(20-16-38)53(55)60-46-31-32-50(52(33-46)63(57)51-14-10-8-12-48(51)47-11-7-9-13-49(47)62-63)61-54(56)43-21-17-39(18-22-43)41-25-29-45(30-26-41)59-35-37(4)6-2/h7-33,36-37H,5-6,34-35H2,1-4H3. The molecule has 0 radical (unpaired) electrons. The van der Waals surface area contributed by atoms with Crippen LogP contribution in [0.1, 0.15) is 61.3 Å². The number of hydrogen-bond donors (Lipinski definition) is 0. The summed E-state index contributed by atoms with van der Waals surface area (Å²) in [5, 5.41) is 0.498. The van der Waals surface area contributed by atoms with Gasteiger partial charge in [-0.3, -0.25) is 4.57 Å². The van der Waals surface area contributed by atoms with E-state index < -0.39 is 19.3 Å². The molecular weight excluding hydrogens is 808 g/mol. The highest BCUT2D eigenvalue weighted by Crippen LogP contribution is 2.55. The normalized spacial score (nSPS) is 14.9. The highest BCUT2D eigenvalue weighted by Gasteiger charge is 2.41. The van der Waals surface area contributed by atoms with Crippen LogP contribution in [0.2, 0.25) is 0 Å². The lowest BCUT2D eigenvalue weighted by atomic mass is 10.0. The molecule has 63 heavy (non-hydrogen) atoms. The third kappa shape index (κ3) is 9.62. The van der Waals surface area contributed by atoms with Crippen molar-refractivity contribution in [3.63, 3.8) is 0 Å². The van der Waals surface area contributed by atoms with Crippen molar-refractivity contribution in [3.05, 3.63) is 175 Å². The molecule has 0 bridgehead atoms. The minimum atomic E-state index is -4.02. The predicted molar refractivity (Wildman–Crippen MR) is 249 cm³/mol. The van der Waals surface area contributed by atoms with Gasteiger partial charge in [-0.2, -0.15) is 0 Å². The molecule has 0 fully saturated rings. The van der Waals surface area contributed by atoms with Gasteiger partial charge in [-0.25, -0.2) is 9.59 Å². The third-order valence-corrected chi connectivity index (χ3v) is 13.8. The first kappa shape index (κ1) is 42.8. The maximum atomic E-state index is 15.5. The quantitative estimate of drug-likeness (QED) is 0.0571. The summed E-state index contributed by atoms with van der Waals surface area (Å²) in [6.07, 6.45) is 2.10. The van der Waals surface area contributed by atoms with Crippen LogP contribution in [0.3, 0.4) is 0 Å². The molecule has 1 heterocycles. The minimum absolute atomic E-state index is 0.00928. The SMILES string of the molecule is CCC(C)COc1ccc(-c2ccc(C(=O)Oc3ccc(OC(=O)c4ccc(-c5ccc(OCC(C)CC)cc5)cc4)c(P4(=O)Oc5ccccc5-c5ccccc54)c3)cc2)cc1. The van der Waals surface area contributed by atoms with Gasteiger partial charge in [0, 0.05) is 5.56 Å². The zero-order valence-electron chi connectivity index (χ0n) is 35.8. The van der Waals surface area contributed by atoms with E-state index in [2.05, 4.69) is 27.7 Å². The van der Waals surface area contributed by atoms with Crippen LogP contribution in [-0.2, 0) is 4.57 Å². The monoisotopic (exact) mass is 856 g/mol. The van der Waals surface area contributed by atoms with Crippen molar-refractivity contribution in [1.82, 2.24) is 0 Å². The van der Waals surface area contributed by atoms with Crippen molar-refractivity contribution >= 4 is 29.9 Å². The Labute approximate surface area is 368 Å². The maximum Gasteiger partial charge on any atom is 0.343 e. The molecule has 8 rings (SSSR count). The molecule has 0 aromatic heterocycles. The van der Waals surface area contributed by atoms with E-state index in [1.54, 1.807) is 48.5 Å². The fourth-order valence-corrected chi connectivity index (χ4v) is 9.49. The molecule has 0 aliphatic carbocycles. The predicted octanol–water partition coefficient (Wildman–Crippen LogP) is 12.6. The van der Waals surface area contributed by atoms with E-state index in [0.717, 1.165) is 57.7 Å². The first-order valence-electron chi connectivity index (χ1n) is 21.4. The molecule has 0 spiro atoms. The molecule has 0 saturated carbocycles. The summed E-state index contributed by atoms with van der Waals surface area (Å²) in [7, 11) is -4.02. The summed E-state index contributed by atoms with van der Waals surface area (Å²) >= 11 is 0. The van der Waals surface area contributed by atoms with Gasteiger partial charge in [-0.15, -0.1) is 0 Å². The number of hydrogen-bond acceptors (Lipinski definition) is 8. The van der Waals surface area contributed by atoms with Crippen LogP contribution in [0.15, 0.2) is 164 Å². The minimum Gasteiger partial charge on any atom is -0.493 e. The van der Waals surface area contributed by atoms with Crippen molar-refractivity contribution in [1.29, 1.82) is 0 Å². The molecule has 3 unspecified atom stereocenters. The lowest BCUT2D eigenvalue weighted by Crippen LogP contribution is -2.27. The average Bonchev–Trinajstić information content (AvgIpc) is 3.33. The summed E-state index contributed by atoms with van der Waals surface area (Å²) in [6, 6.07) is 49.0. The van der Waals surface area contributed by atoms with E-state index in [1.165, 1.54) is 18.2 Å². The summed E-state index contributed by atoms with van der Waals surface area (Å²) in [5.41, 5.74) is 5.89. The molecule has 0 saturated heterocycles. The Bertz CT molecular complexity index is 2760. The molecule has 1 aliphatic heterocycles. The van der Waals surface area contributed by atoms with Crippen LogP contribution >= 0.6 is 7.37 Å². The molecule has 1 aliphatic rings. The van der Waals surface area contributed by atoms with Crippen LogP contribution in [-0.4, -0.2) is 25.2 Å². The second kappa shape index (κ2) is 19.0. The van der Waals surface area contributed by atoms with Gasteiger partial charge in [0.15, 0.2) is 0 Å². The third-order valence-electron chi connectivity index (χ3n) is 11.4. The maximum absolute atomic E-state index is 15.5. The molecular formula is C54H49O8P. The van der Waals surface area contributed by atoms with Gasteiger partial charge in [0.1, 0.15) is 28.7 Å². The zero-order valence-corrected chi connectivity index (χ0v) is 36.7. The first-order chi connectivity index (χ1) is 30.6. The van der Waals surface area contributed by atoms with Gasteiger partial charge in [0.05, 0.1) is 34.9 Å². The van der Waals surface area contributed by atoms with Gasteiger partial charge in [0.2, 0.25) is 0 Å². The van der Waals surface area contributed by atoms with Crippen molar-refractivity contribution in [2.75, 3.05) is 13.2 Å². The van der Waals surface area contributed by atoms with E-state index in [1.807, 2.05) is 97.1 Å². The van der Waals surface area contributed by atoms with Gasteiger partial charge in [-0.05, 0) is 119 Å². The molecule has 9 heteroatoms. The van der Waals surface area contributed by atoms with Crippen molar-refractivity contribution in [2.24, 2.45) is 11.8 Å². The lowest BCUT2D eigenvalue weighted by molar-refractivity contribution is 0.0720. The molecule has 8 nitrogen and oxygen atoms in total. The second-order valence-corrected chi connectivity index (χ2v) is 18.2.